The maximum atomic E-state index is 13.3. The summed E-state index contributed by atoms with van der Waals surface area (Å²) in [6.07, 6.45) is 0.749. The van der Waals surface area contributed by atoms with Crippen LogP contribution in [0.4, 0.5) is 0 Å². The minimum Gasteiger partial charge on any atom is -0.462 e. The van der Waals surface area contributed by atoms with Gasteiger partial charge in [-0.15, -0.1) is 0 Å². The second kappa shape index (κ2) is 10.3. The van der Waals surface area contributed by atoms with Crippen molar-refractivity contribution in [2.24, 2.45) is 0 Å². The van der Waals surface area contributed by atoms with Crippen LogP contribution in [0.3, 0.4) is 0 Å². The van der Waals surface area contributed by atoms with Crippen molar-refractivity contribution in [2.75, 3.05) is 13.2 Å². The van der Waals surface area contributed by atoms with Crippen molar-refractivity contribution in [3.8, 4) is 0 Å². The van der Waals surface area contributed by atoms with Gasteiger partial charge >= 0.3 is 5.97 Å². The molecule has 1 heterocycles. The van der Waals surface area contributed by atoms with Crippen LogP contribution in [0, 0.1) is 6.92 Å². The van der Waals surface area contributed by atoms with Crippen LogP contribution >= 0.6 is 0 Å². The monoisotopic (exact) mass is 402 g/mol. The van der Waals surface area contributed by atoms with E-state index in [4.69, 9.17) is 4.74 Å². The van der Waals surface area contributed by atoms with Crippen molar-refractivity contribution in [1.82, 2.24) is 9.88 Å². The van der Waals surface area contributed by atoms with Crippen molar-refractivity contribution in [3.63, 3.8) is 0 Å². The molecule has 0 atom stereocenters. The van der Waals surface area contributed by atoms with E-state index in [9.17, 15) is 9.59 Å². The molecule has 1 amide bonds. The molecule has 0 spiro atoms. The van der Waals surface area contributed by atoms with Crippen LogP contribution in [-0.4, -0.2) is 34.9 Å². The van der Waals surface area contributed by atoms with E-state index in [1.165, 1.54) is 5.56 Å². The SMILES string of the molecule is CCOC(=O)c1ccc(C(=O)N(CCc2ccccc2)Cc2ccccc2)nc1C. The zero-order chi connectivity index (χ0) is 21.3. The zero-order valence-electron chi connectivity index (χ0n) is 17.4. The van der Waals surface area contributed by atoms with Gasteiger partial charge in [-0.3, -0.25) is 4.79 Å². The Labute approximate surface area is 177 Å². The molecule has 0 aliphatic heterocycles. The number of aromatic nitrogens is 1. The maximum Gasteiger partial charge on any atom is 0.339 e. The fraction of sp³-hybridized carbons (Fsp3) is 0.240. The third-order valence-corrected chi connectivity index (χ3v) is 4.82. The summed E-state index contributed by atoms with van der Waals surface area (Å²) >= 11 is 0. The first kappa shape index (κ1) is 21.2. The zero-order valence-corrected chi connectivity index (χ0v) is 17.4. The van der Waals surface area contributed by atoms with Crippen molar-refractivity contribution < 1.29 is 14.3 Å². The number of benzene rings is 2. The lowest BCUT2D eigenvalue weighted by atomic mass is 10.1. The number of amides is 1. The van der Waals surface area contributed by atoms with E-state index in [2.05, 4.69) is 17.1 Å². The molecule has 0 fully saturated rings. The number of carbonyl (C=O) groups excluding carboxylic acids is 2. The topological polar surface area (TPSA) is 59.5 Å². The van der Waals surface area contributed by atoms with E-state index >= 15 is 0 Å². The van der Waals surface area contributed by atoms with Gasteiger partial charge in [0, 0.05) is 13.1 Å². The number of carbonyl (C=O) groups is 2. The summed E-state index contributed by atoms with van der Waals surface area (Å²) in [5, 5.41) is 0. The molecule has 0 aliphatic carbocycles. The number of hydrogen-bond donors (Lipinski definition) is 0. The molecule has 0 radical (unpaired) electrons. The van der Waals surface area contributed by atoms with Gasteiger partial charge in [-0.05, 0) is 43.5 Å². The Bertz CT molecular complexity index is 988. The first-order chi connectivity index (χ1) is 14.6. The lowest BCUT2D eigenvalue weighted by Gasteiger charge is -2.23. The molecule has 3 aromatic rings. The standard InChI is InChI=1S/C25H26N2O3/c1-3-30-25(29)22-14-15-23(26-19(22)2)24(28)27(18-21-12-8-5-9-13-21)17-16-20-10-6-4-7-11-20/h4-15H,3,16-18H2,1-2H3. The smallest absolute Gasteiger partial charge is 0.339 e. The number of nitrogens with zero attached hydrogens (tertiary/aromatic N) is 2. The molecular weight excluding hydrogens is 376 g/mol. The summed E-state index contributed by atoms with van der Waals surface area (Å²) in [6, 6.07) is 23.2. The Morgan fingerprint density at radius 1 is 0.900 bits per heavy atom. The van der Waals surface area contributed by atoms with Gasteiger partial charge < -0.3 is 9.64 Å². The Hall–Kier alpha value is -3.47. The molecule has 0 N–H and O–H groups in total. The van der Waals surface area contributed by atoms with Gasteiger partial charge in [0.1, 0.15) is 5.69 Å². The number of esters is 1. The van der Waals surface area contributed by atoms with Crippen LogP contribution in [0.5, 0.6) is 0 Å². The van der Waals surface area contributed by atoms with E-state index in [0.29, 0.717) is 36.6 Å². The second-order valence-electron chi connectivity index (χ2n) is 7.00. The first-order valence-electron chi connectivity index (χ1n) is 10.1. The summed E-state index contributed by atoms with van der Waals surface area (Å²) < 4.78 is 5.05. The Morgan fingerprint density at radius 2 is 1.53 bits per heavy atom. The molecule has 0 saturated carbocycles. The molecule has 2 aromatic carbocycles. The summed E-state index contributed by atoms with van der Waals surface area (Å²) in [5.41, 5.74) is 3.42. The minimum atomic E-state index is -0.424. The summed E-state index contributed by atoms with van der Waals surface area (Å²) in [6.45, 7) is 4.83. The highest BCUT2D eigenvalue weighted by atomic mass is 16.5. The summed E-state index contributed by atoms with van der Waals surface area (Å²) in [5.74, 6) is -0.583. The quantitative estimate of drug-likeness (QED) is 0.522. The molecule has 5 nitrogen and oxygen atoms in total. The van der Waals surface area contributed by atoms with Crippen LogP contribution in [-0.2, 0) is 17.7 Å². The number of aryl methyl sites for hydroxylation is 1. The predicted octanol–water partition coefficient (Wildman–Crippen LogP) is 4.45. The molecule has 0 aliphatic rings. The molecule has 0 unspecified atom stereocenters. The average Bonchev–Trinajstić information content (AvgIpc) is 2.77. The van der Waals surface area contributed by atoms with E-state index in [0.717, 1.165) is 12.0 Å². The van der Waals surface area contributed by atoms with E-state index < -0.39 is 5.97 Å². The average molecular weight is 402 g/mol. The summed E-state index contributed by atoms with van der Waals surface area (Å²) in [4.78, 5) is 31.5. The molecule has 30 heavy (non-hydrogen) atoms. The van der Waals surface area contributed by atoms with Gasteiger partial charge in [0.15, 0.2) is 0 Å². The molecule has 0 bridgehead atoms. The van der Waals surface area contributed by atoms with Crippen LogP contribution in [0.2, 0.25) is 0 Å². The molecule has 5 heteroatoms. The lowest BCUT2D eigenvalue weighted by molar-refractivity contribution is 0.0524. The van der Waals surface area contributed by atoms with E-state index in [1.807, 2.05) is 48.5 Å². The number of pyridine rings is 1. The Kier molecular flexibility index (Phi) is 7.33. The number of hydrogen-bond acceptors (Lipinski definition) is 4. The van der Waals surface area contributed by atoms with Gasteiger partial charge in [-0.2, -0.15) is 0 Å². The van der Waals surface area contributed by atoms with Gasteiger partial charge in [0.2, 0.25) is 0 Å². The largest absolute Gasteiger partial charge is 0.462 e. The predicted molar refractivity (Wildman–Crippen MR) is 116 cm³/mol. The molecule has 0 saturated heterocycles. The van der Waals surface area contributed by atoms with Crippen LogP contribution < -0.4 is 0 Å². The number of rotatable bonds is 8. The molecule has 154 valence electrons. The highest BCUT2D eigenvalue weighted by molar-refractivity contribution is 5.95. The van der Waals surface area contributed by atoms with Crippen LogP contribution in [0.25, 0.3) is 0 Å². The van der Waals surface area contributed by atoms with Gasteiger partial charge in [-0.25, -0.2) is 9.78 Å². The fourth-order valence-electron chi connectivity index (χ4n) is 3.23. The van der Waals surface area contributed by atoms with Gasteiger partial charge in [0.05, 0.1) is 17.9 Å². The van der Waals surface area contributed by atoms with Crippen molar-refractivity contribution >= 4 is 11.9 Å². The first-order valence-corrected chi connectivity index (χ1v) is 10.1. The highest BCUT2D eigenvalue weighted by Gasteiger charge is 2.20. The van der Waals surface area contributed by atoms with Crippen molar-refractivity contribution in [3.05, 3.63) is 101 Å². The minimum absolute atomic E-state index is 0.159. The summed E-state index contributed by atoms with van der Waals surface area (Å²) in [7, 11) is 0. The van der Waals surface area contributed by atoms with E-state index in [-0.39, 0.29) is 5.91 Å². The van der Waals surface area contributed by atoms with Gasteiger partial charge in [0.25, 0.3) is 5.91 Å². The molecule has 1 aromatic heterocycles. The van der Waals surface area contributed by atoms with Crippen molar-refractivity contribution in [2.45, 2.75) is 26.8 Å². The van der Waals surface area contributed by atoms with Crippen molar-refractivity contribution in [1.29, 1.82) is 0 Å². The van der Waals surface area contributed by atoms with Gasteiger partial charge in [-0.1, -0.05) is 60.7 Å². The lowest BCUT2D eigenvalue weighted by Crippen LogP contribution is -2.33. The highest BCUT2D eigenvalue weighted by Crippen LogP contribution is 2.14. The maximum absolute atomic E-state index is 13.3. The fourth-order valence-corrected chi connectivity index (χ4v) is 3.23. The normalized spacial score (nSPS) is 10.5. The molecule has 3 rings (SSSR count). The van der Waals surface area contributed by atoms with Crippen LogP contribution in [0.1, 0.15) is 44.6 Å². The number of ether oxygens (including phenoxy) is 1. The Balaban J connectivity index is 1.81. The Morgan fingerprint density at radius 3 is 2.13 bits per heavy atom. The van der Waals surface area contributed by atoms with Crippen LogP contribution in [0.15, 0.2) is 72.8 Å². The third-order valence-electron chi connectivity index (χ3n) is 4.82. The van der Waals surface area contributed by atoms with E-state index in [1.54, 1.807) is 30.9 Å². The molecular formula is C25H26N2O3. The second-order valence-corrected chi connectivity index (χ2v) is 7.00. The third kappa shape index (κ3) is 5.54.